The number of aryl methyl sites for hydroxylation is 1. The molecule has 0 spiro atoms. The molecule has 1 aliphatic rings. The first-order chi connectivity index (χ1) is 16.3. The third-order valence-corrected chi connectivity index (χ3v) is 5.68. The maximum absolute atomic E-state index is 13.0. The quantitative estimate of drug-likeness (QED) is 0.282. The van der Waals surface area contributed by atoms with Crippen LogP contribution in [0.3, 0.4) is 0 Å². The van der Waals surface area contributed by atoms with E-state index in [1.165, 1.54) is 25.3 Å². The first kappa shape index (κ1) is 23.4. The van der Waals surface area contributed by atoms with Crippen LogP contribution in [0.2, 0.25) is 5.02 Å². The van der Waals surface area contributed by atoms with Gasteiger partial charge in [0.05, 0.1) is 18.4 Å². The Hall–Kier alpha value is -3.81. The van der Waals surface area contributed by atoms with Crippen molar-refractivity contribution in [1.82, 2.24) is 0 Å². The van der Waals surface area contributed by atoms with Crippen molar-refractivity contribution in [3.05, 3.63) is 93.6 Å². The highest BCUT2D eigenvalue weighted by atomic mass is 35.5. The first-order valence-electron chi connectivity index (χ1n) is 10.1. The molecule has 0 aliphatic carbocycles. The second-order valence-corrected chi connectivity index (χ2v) is 8.12. The molecule has 0 saturated carbocycles. The lowest BCUT2D eigenvalue weighted by molar-refractivity contribution is -0.120. The number of carbonyl (C=O) groups excluding carboxylic acids is 3. The minimum Gasteiger partial charge on any atom is -0.495 e. The number of amides is 2. The molecule has 0 radical (unpaired) electrons. The second-order valence-electron chi connectivity index (χ2n) is 7.31. The van der Waals surface area contributed by atoms with Crippen molar-refractivity contribution in [2.75, 3.05) is 17.3 Å². The summed E-state index contributed by atoms with van der Waals surface area (Å²) in [6, 6.07) is 18.0. The number of nitrogens with zero attached hydrogens (tertiary/aromatic N) is 1. The van der Waals surface area contributed by atoms with Gasteiger partial charge >= 0.3 is 5.97 Å². The molecular formula is C25H18Cl2N2O5. The number of rotatable bonds is 6. The Morgan fingerprint density at radius 1 is 0.912 bits per heavy atom. The maximum Gasteiger partial charge on any atom is 0.343 e. The van der Waals surface area contributed by atoms with Gasteiger partial charge in [0.2, 0.25) is 0 Å². The zero-order valence-electron chi connectivity index (χ0n) is 18.1. The van der Waals surface area contributed by atoms with Crippen molar-refractivity contribution >= 4 is 52.4 Å². The van der Waals surface area contributed by atoms with Crippen LogP contribution in [0.4, 0.5) is 11.4 Å². The Bertz CT molecular complexity index is 1340. The fourth-order valence-corrected chi connectivity index (χ4v) is 3.71. The van der Waals surface area contributed by atoms with Crippen LogP contribution in [0.5, 0.6) is 11.5 Å². The second kappa shape index (κ2) is 9.59. The lowest BCUT2D eigenvalue weighted by atomic mass is 10.2. The van der Waals surface area contributed by atoms with E-state index in [0.717, 1.165) is 10.5 Å². The van der Waals surface area contributed by atoms with Gasteiger partial charge in [0.15, 0.2) is 0 Å². The van der Waals surface area contributed by atoms with Crippen LogP contribution in [0.25, 0.3) is 0 Å². The minimum absolute atomic E-state index is 0.107. The molecule has 3 aromatic carbocycles. The molecule has 34 heavy (non-hydrogen) atoms. The zero-order chi connectivity index (χ0) is 24.4. The Labute approximate surface area is 205 Å². The van der Waals surface area contributed by atoms with Crippen molar-refractivity contribution in [2.45, 2.75) is 6.92 Å². The van der Waals surface area contributed by atoms with Gasteiger partial charge in [-0.25, -0.2) is 9.69 Å². The SMILES string of the molecule is COc1ccc(Cl)cc1N1C(=O)C(Cl)=C(Nc2ccc(C(=O)Oc3ccccc3C)cc2)C1=O. The molecular weight excluding hydrogens is 479 g/mol. The molecule has 2 amide bonds. The summed E-state index contributed by atoms with van der Waals surface area (Å²) in [5.74, 6) is -1.15. The van der Waals surface area contributed by atoms with Crippen molar-refractivity contribution in [2.24, 2.45) is 0 Å². The summed E-state index contributed by atoms with van der Waals surface area (Å²) in [4.78, 5) is 39.2. The molecule has 1 heterocycles. The summed E-state index contributed by atoms with van der Waals surface area (Å²) in [6.45, 7) is 1.84. The van der Waals surface area contributed by atoms with E-state index >= 15 is 0 Å². The average molecular weight is 497 g/mol. The predicted molar refractivity (Wildman–Crippen MR) is 130 cm³/mol. The van der Waals surface area contributed by atoms with Gasteiger partial charge in [-0.1, -0.05) is 41.4 Å². The van der Waals surface area contributed by atoms with Gasteiger partial charge in [0.25, 0.3) is 11.8 Å². The van der Waals surface area contributed by atoms with Gasteiger partial charge in [-0.05, 0) is 61.0 Å². The van der Waals surface area contributed by atoms with Crippen LogP contribution in [-0.4, -0.2) is 24.9 Å². The van der Waals surface area contributed by atoms with E-state index in [0.29, 0.717) is 22.0 Å². The van der Waals surface area contributed by atoms with Crippen molar-refractivity contribution in [3.63, 3.8) is 0 Å². The normalized spacial score (nSPS) is 13.4. The Kier molecular flexibility index (Phi) is 6.58. The third kappa shape index (κ3) is 4.48. The molecule has 0 bridgehead atoms. The number of para-hydroxylation sites is 1. The van der Waals surface area contributed by atoms with E-state index in [9.17, 15) is 14.4 Å². The van der Waals surface area contributed by atoms with E-state index in [1.807, 2.05) is 19.1 Å². The van der Waals surface area contributed by atoms with Crippen LogP contribution in [-0.2, 0) is 9.59 Å². The molecule has 1 aliphatic heterocycles. The summed E-state index contributed by atoms with van der Waals surface area (Å²) in [5, 5.41) is 2.90. The molecule has 1 N–H and O–H groups in total. The lowest BCUT2D eigenvalue weighted by Gasteiger charge is -2.18. The van der Waals surface area contributed by atoms with E-state index in [-0.39, 0.29) is 22.2 Å². The van der Waals surface area contributed by atoms with Crippen molar-refractivity contribution < 1.29 is 23.9 Å². The summed E-state index contributed by atoms with van der Waals surface area (Å²) >= 11 is 12.2. The van der Waals surface area contributed by atoms with Gasteiger partial charge in [-0.3, -0.25) is 9.59 Å². The standard InChI is InChI=1S/C25H18Cl2N2O5/c1-14-5-3-4-6-19(14)34-25(32)15-7-10-17(11-8-15)28-22-21(27)23(30)29(24(22)31)18-13-16(26)9-12-20(18)33-2/h3-13,28H,1-2H3. The highest BCUT2D eigenvalue weighted by molar-refractivity contribution is 6.53. The Morgan fingerprint density at radius 3 is 2.29 bits per heavy atom. The minimum atomic E-state index is -0.715. The van der Waals surface area contributed by atoms with Gasteiger partial charge in [0.1, 0.15) is 22.2 Å². The van der Waals surface area contributed by atoms with Crippen LogP contribution in [0.15, 0.2) is 77.5 Å². The molecule has 7 nitrogen and oxygen atoms in total. The summed E-state index contributed by atoms with van der Waals surface area (Å²) in [5.41, 5.74) is 1.66. The number of nitrogens with one attached hydrogen (secondary N) is 1. The summed E-state index contributed by atoms with van der Waals surface area (Å²) in [6.07, 6.45) is 0. The summed E-state index contributed by atoms with van der Waals surface area (Å²) < 4.78 is 10.7. The van der Waals surface area contributed by atoms with Gasteiger partial charge < -0.3 is 14.8 Å². The van der Waals surface area contributed by atoms with E-state index < -0.39 is 17.8 Å². The number of hydrogen-bond donors (Lipinski definition) is 1. The average Bonchev–Trinajstić information content (AvgIpc) is 3.04. The number of benzene rings is 3. The monoisotopic (exact) mass is 496 g/mol. The Balaban J connectivity index is 1.52. The molecule has 3 aromatic rings. The number of imide groups is 1. The maximum atomic E-state index is 13.0. The van der Waals surface area contributed by atoms with Crippen LogP contribution < -0.4 is 19.7 Å². The molecule has 172 valence electrons. The van der Waals surface area contributed by atoms with Gasteiger partial charge in [-0.15, -0.1) is 0 Å². The third-order valence-electron chi connectivity index (χ3n) is 5.10. The largest absolute Gasteiger partial charge is 0.495 e. The fraction of sp³-hybridized carbons (Fsp3) is 0.0800. The van der Waals surface area contributed by atoms with E-state index in [4.69, 9.17) is 32.7 Å². The van der Waals surface area contributed by atoms with E-state index in [2.05, 4.69) is 5.32 Å². The fourth-order valence-electron chi connectivity index (χ4n) is 3.33. The molecule has 0 unspecified atom stereocenters. The van der Waals surface area contributed by atoms with Gasteiger partial charge in [-0.2, -0.15) is 0 Å². The lowest BCUT2D eigenvalue weighted by Crippen LogP contribution is -2.32. The molecule has 9 heteroatoms. The number of carbonyl (C=O) groups is 3. The first-order valence-corrected chi connectivity index (χ1v) is 10.8. The number of halogens is 2. The zero-order valence-corrected chi connectivity index (χ0v) is 19.6. The van der Waals surface area contributed by atoms with Crippen LogP contribution in [0.1, 0.15) is 15.9 Å². The number of esters is 1. The van der Waals surface area contributed by atoms with Crippen LogP contribution in [0, 0.1) is 6.92 Å². The topological polar surface area (TPSA) is 84.9 Å². The molecule has 0 atom stereocenters. The molecule has 0 aromatic heterocycles. The highest BCUT2D eigenvalue weighted by Crippen LogP contribution is 2.37. The van der Waals surface area contributed by atoms with E-state index in [1.54, 1.807) is 36.4 Å². The van der Waals surface area contributed by atoms with Crippen LogP contribution >= 0.6 is 23.2 Å². The number of ether oxygens (including phenoxy) is 2. The summed E-state index contributed by atoms with van der Waals surface area (Å²) in [7, 11) is 1.41. The highest BCUT2D eigenvalue weighted by Gasteiger charge is 2.40. The van der Waals surface area contributed by atoms with Crippen molar-refractivity contribution in [3.8, 4) is 11.5 Å². The number of methoxy groups -OCH3 is 1. The number of anilines is 2. The molecule has 4 rings (SSSR count). The molecule has 0 saturated heterocycles. The smallest absolute Gasteiger partial charge is 0.343 e. The number of hydrogen-bond acceptors (Lipinski definition) is 6. The Morgan fingerprint density at radius 2 is 1.62 bits per heavy atom. The molecule has 0 fully saturated rings. The van der Waals surface area contributed by atoms with Crippen molar-refractivity contribution in [1.29, 1.82) is 0 Å². The predicted octanol–water partition coefficient (Wildman–Crippen LogP) is 5.31. The van der Waals surface area contributed by atoms with Gasteiger partial charge in [0, 0.05) is 10.7 Å².